The third-order valence-corrected chi connectivity index (χ3v) is 7.28. The average Bonchev–Trinajstić information content (AvgIpc) is 2.52. The van der Waals surface area contributed by atoms with Crippen LogP contribution in [0.3, 0.4) is 0 Å². The highest BCUT2D eigenvalue weighted by molar-refractivity contribution is 7.89. The fraction of sp³-hybridized carbons (Fsp3) is 0.632. The van der Waals surface area contributed by atoms with Crippen molar-refractivity contribution in [2.24, 2.45) is 16.7 Å². The largest absolute Gasteiger partial charge is 0.492 e. The number of carbonyl (C=O) groups is 1. The van der Waals surface area contributed by atoms with Crippen LogP contribution in [0.5, 0.6) is 5.75 Å². The predicted octanol–water partition coefficient (Wildman–Crippen LogP) is 3.75. The first-order valence-corrected chi connectivity index (χ1v) is 10.8. The molecule has 0 heterocycles. The van der Waals surface area contributed by atoms with Crippen molar-refractivity contribution in [1.29, 1.82) is 0 Å². The lowest BCUT2D eigenvalue weighted by atomic mass is 9.61. The number of ether oxygens (including phenoxy) is 1. The summed E-state index contributed by atoms with van der Waals surface area (Å²) in [5.74, 6) is -1.33. The molecule has 0 fully saturated rings. The standard InChI is InChI=1S/C19H30ClNO5S/c1-14(2)19(17(22)23,18(3,4)5)13-27(24,25)21(6)11-12-26-16-9-7-15(20)8-10-16/h7-10,14H,11-13H2,1-6H3,(H,22,23). The van der Waals surface area contributed by atoms with Crippen molar-refractivity contribution in [2.45, 2.75) is 34.6 Å². The van der Waals surface area contributed by atoms with E-state index in [1.54, 1.807) is 58.9 Å². The molecule has 0 amide bonds. The Hall–Kier alpha value is -1.31. The average molecular weight is 420 g/mol. The number of carboxylic acids is 1. The lowest BCUT2D eigenvalue weighted by molar-refractivity contribution is -0.158. The number of benzene rings is 1. The van der Waals surface area contributed by atoms with Gasteiger partial charge in [0, 0.05) is 18.6 Å². The Morgan fingerprint density at radius 3 is 2.15 bits per heavy atom. The van der Waals surface area contributed by atoms with Gasteiger partial charge in [-0.3, -0.25) is 4.79 Å². The van der Waals surface area contributed by atoms with Crippen LogP contribution >= 0.6 is 11.6 Å². The van der Waals surface area contributed by atoms with Crippen LogP contribution in [-0.2, 0) is 14.8 Å². The summed E-state index contributed by atoms with van der Waals surface area (Å²) < 4.78 is 32.5. The van der Waals surface area contributed by atoms with Gasteiger partial charge in [-0.25, -0.2) is 12.7 Å². The van der Waals surface area contributed by atoms with Crippen LogP contribution in [-0.4, -0.2) is 49.8 Å². The smallest absolute Gasteiger partial charge is 0.311 e. The van der Waals surface area contributed by atoms with Gasteiger partial charge >= 0.3 is 5.97 Å². The summed E-state index contributed by atoms with van der Waals surface area (Å²) in [4.78, 5) is 12.1. The highest BCUT2D eigenvalue weighted by Gasteiger charge is 2.54. The second-order valence-electron chi connectivity index (χ2n) is 8.06. The molecule has 27 heavy (non-hydrogen) atoms. The van der Waals surface area contributed by atoms with Gasteiger partial charge in [-0.2, -0.15) is 0 Å². The minimum Gasteiger partial charge on any atom is -0.492 e. The molecule has 0 aromatic heterocycles. The molecule has 154 valence electrons. The van der Waals surface area contributed by atoms with E-state index in [0.717, 1.165) is 4.31 Å². The Kier molecular flexibility index (Phi) is 7.73. The molecular formula is C19H30ClNO5S. The minimum atomic E-state index is -3.80. The summed E-state index contributed by atoms with van der Waals surface area (Å²) in [6.07, 6.45) is 0. The van der Waals surface area contributed by atoms with Gasteiger partial charge in [0.1, 0.15) is 12.4 Å². The van der Waals surface area contributed by atoms with Crippen LogP contribution in [0.1, 0.15) is 34.6 Å². The quantitative estimate of drug-likeness (QED) is 0.658. The van der Waals surface area contributed by atoms with E-state index in [-0.39, 0.29) is 19.1 Å². The SMILES string of the molecule is CC(C)C(CS(=O)(=O)N(C)CCOc1ccc(Cl)cc1)(C(=O)O)C(C)(C)C. The molecule has 8 heteroatoms. The van der Waals surface area contributed by atoms with Gasteiger partial charge in [0.2, 0.25) is 10.0 Å². The maximum Gasteiger partial charge on any atom is 0.311 e. The lowest BCUT2D eigenvalue weighted by Gasteiger charge is -2.44. The molecule has 0 aliphatic rings. The molecule has 0 bridgehead atoms. The van der Waals surface area contributed by atoms with Gasteiger partial charge in [0.05, 0.1) is 11.2 Å². The summed E-state index contributed by atoms with van der Waals surface area (Å²) in [5.41, 5.74) is -2.14. The Balaban J connectivity index is 2.89. The van der Waals surface area contributed by atoms with Gasteiger partial charge in [0.15, 0.2) is 0 Å². The molecule has 1 N–H and O–H groups in total. The first kappa shape index (κ1) is 23.7. The fourth-order valence-corrected chi connectivity index (χ4v) is 5.40. The fourth-order valence-electron chi connectivity index (χ4n) is 3.24. The lowest BCUT2D eigenvalue weighted by Crippen LogP contribution is -2.54. The van der Waals surface area contributed by atoms with Crippen molar-refractivity contribution in [3.8, 4) is 5.75 Å². The summed E-state index contributed by atoms with van der Waals surface area (Å²) in [7, 11) is -2.36. The van der Waals surface area contributed by atoms with Crippen molar-refractivity contribution in [3.63, 3.8) is 0 Å². The third kappa shape index (κ3) is 5.59. The summed E-state index contributed by atoms with van der Waals surface area (Å²) >= 11 is 5.81. The van der Waals surface area contributed by atoms with E-state index in [1.807, 2.05) is 0 Å². The van der Waals surface area contributed by atoms with Gasteiger partial charge in [0.25, 0.3) is 0 Å². The number of rotatable bonds is 9. The first-order valence-electron chi connectivity index (χ1n) is 8.80. The van der Waals surface area contributed by atoms with E-state index >= 15 is 0 Å². The van der Waals surface area contributed by atoms with Crippen LogP contribution in [0, 0.1) is 16.7 Å². The first-order chi connectivity index (χ1) is 12.2. The molecular weight excluding hydrogens is 390 g/mol. The Labute approximate surface area is 167 Å². The normalized spacial score (nSPS) is 15.0. The number of carboxylic acid groups (broad SMARTS) is 1. The maximum atomic E-state index is 12.9. The zero-order valence-electron chi connectivity index (χ0n) is 16.8. The number of nitrogens with zero attached hydrogens (tertiary/aromatic N) is 1. The molecule has 0 aliphatic carbocycles. The maximum absolute atomic E-state index is 12.9. The molecule has 1 unspecified atom stereocenters. The molecule has 0 radical (unpaired) electrons. The van der Waals surface area contributed by atoms with Crippen molar-refractivity contribution in [3.05, 3.63) is 29.3 Å². The monoisotopic (exact) mass is 419 g/mol. The van der Waals surface area contributed by atoms with Crippen LogP contribution in [0.2, 0.25) is 5.02 Å². The molecule has 1 aromatic rings. The molecule has 1 rings (SSSR count). The van der Waals surface area contributed by atoms with E-state index < -0.39 is 32.6 Å². The second-order valence-corrected chi connectivity index (χ2v) is 10.6. The number of likely N-dealkylation sites (N-methyl/N-ethyl adjacent to an activating group) is 1. The van der Waals surface area contributed by atoms with Crippen LogP contribution < -0.4 is 4.74 Å². The van der Waals surface area contributed by atoms with Gasteiger partial charge < -0.3 is 9.84 Å². The number of hydrogen-bond donors (Lipinski definition) is 1. The second kappa shape index (κ2) is 8.80. The highest BCUT2D eigenvalue weighted by atomic mass is 35.5. The van der Waals surface area contributed by atoms with Crippen molar-refractivity contribution >= 4 is 27.6 Å². The Morgan fingerprint density at radius 1 is 1.22 bits per heavy atom. The number of hydrogen-bond acceptors (Lipinski definition) is 4. The van der Waals surface area contributed by atoms with Crippen molar-refractivity contribution < 1.29 is 23.1 Å². The molecule has 1 atom stereocenters. The van der Waals surface area contributed by atoms with Crippen LogP contribution in [0.25, 0.3) is 0 Å². The van der Waals surface area contributed by atoms with E-state index in [9.17, 15) is 18.3 Å². The van der Waals surface area contributed by atoms with Gasteiger partial charge in [-0.15, -0.1) is 0 Å². The third-order valence-electron chi connectivity index (χ3n) is 5.08. The Bertz CT molecular complexity index is 740. The zero-order valence-corrected chi connectivity index (χ0v) is 18.4. The summed E-state index contributed by atoms with van der Waals surface area (Å²) in [6.45, 7) is 9.05. The van der Waals surface area contributed by atoms with E-state index in [2.05, 4.69) is 0 Å². The molecule has 0 aliphatic heterocycles. The van der Waals surface area contributed by atoms with E-state index in [4.69, 9.17) is 16.3 Å². The molecule has 0 saturated heterocycles. The van der Waals surface area contributed by atoms with Gasteiger partial charge in [-0.1, -0.05) is 46.2 Å². The van der Waals surface area contributed by atoms with Crippen LogP contribution in [0.15, 0.2) is 24.3 Å². The van der Waals surface area contributed by atoms with Gasteiger partial charge in [-0.05, 0) is 35.6 Å². The number of halogens is 1. The van der Waals surface area contributed by atoms with E-state index in [1.165, 1.54) is 7.05 Å². The number of sulfonamides is 1. The molecule has 0 spiro atoms. The molecule has 1 aromatic carbocycles. The predicted molar refractivity (Wildman–Crippen MR) is 108 cm³/mol. The number of aliphatic carboxylic acids is 1. The zero-order chi connectivity index (χ0) is 21.0. The van der Waals surface area contributed by atoms with Crippen LogP contribution in [0.4, 0.5) is 0 Å². The minimum absolute atomic E-state index is 0.114. The Morgan fingerprint density at radius 2 is 1.74 bits per heavy atom. The molecule has 6 nitrogen and oxygen atoms in total. The van der Waals surface area contributed by atoms with Crippen molar-refractivity contribution in [2.75, 3.05) is 26.0 Å². The van der Waals surface area contributed by atoms with Crippen molar-refractivity contribution in [1.82, 2.24) is 4.31 Å². The summed E-state index contributed by atoms with van der Waals surface area (Å²) in [5, 5.41) is 10.5. The topological polar surface area (TPSA) is 83.9 Å². The highest BCUT2D eigenvalue weighted by Crippen LogP contribution is 2.46. The summed E-state index contributed by atoms with van der Waals surface area (Å²) in [6, 6.07) is 6.77. The van der Waals surface area contributed by atoms with E-state index in [0.29, 0.717) is 10.8 Å². The molecule has 0 saturated carbocycles.